The van der Waals surface area contributed by atoms with Crippen molar-refractivity contribution < 1.29 is 14.3 Å². The lowest BCUT2D eigenvalue weighted by Gasteiger charge is -2.35. The van der Waals surface area contributed by atoms with Crippen LogP contribution in [0.4, 0.5) is 0 Å². The number of carbonyl (C=O) groups is 1. The number of rotatable bonds is 5. The number of carbonyl (C=O) groups excluding carboxylic acids is 1. The maximum absolute atomic E-state index is 13.1. The molecule has 1 saturated heterocycles. The largest absolute Gasteiger partial charge is 0.383 e. The van der Waals surface area contributed by atoms with Crippen molar-refractivity contribution in [3.63, 3.8) is 0 Å². The average Bonchev–Trinajstić information content (AvgIpc) is 3.30. The van der Waals surface area contributed by atoms with Crippen molar-refractivity contribution in [1.29, 1.82) is 0 Å². The monoisotopic (exact) mass is 373 g/mol. The number of hydrogen-bond acceptors (Lipinski definition) is 5. The maximum Gasteiger partial charge on any atom is 0.274 e. The molecule has 0 bridgehead atoms. The van der Waals surface area contributed by atoms with Crippen molar-refractivity contribution in [1.82, 2.24) is 24.5 Å². The third-order valence-electron chi connectivity index (χ3n) is 5.45. The van der Waals surface area contributed by atoms with E-state index < -0.39 is 0 Å². The van der Waals surface area contributed by atoms with Crippen molar-refractivity contribution in [3.05, 3.63) is 34.9 Å². The number of methoxy groups -OCH3 is 1. The van der Waals surface area contributed by atoms with E-state index in [1.165, 1.54) is 5.69 Å². The van der Waals surface area contributed by atoms with Crippen LogP contribution in [0.5, 0.6) is 0 Å². The predicted molar refractivity (Wildman–Crippen MR) is 98.3 cm³/mol. The van der Waals surface area contributed by atoms with Crippen molar-refractivity contribution in [3.8, 4) is 0 Å². The molecule has 27 heavy (non-hydrogen) atoms. The summed E-state index contributed by atoms with van der Waals surface area (Å²) in [4.78, 5) is 15.1. The molecular formula is C19H27N5O3. The van der Waals surface area contributed by atoms with Crippen LogP contribution in [-0.4, -0.2) is 57.2 Å². The number of ether oxygens (including phenoxy) is 2. The molecule has 2 aliphatic heterocycles. The molecule has 2 aromatic rings. The number of nitrogens with zero attached hydrogens (tertiary/aromatic N) is 5. The van der Waals surface area contributed by atoms with Gasteiger partial charge in [-0.3, -0.25) is 14.2 Å². The molecule has 1 amide bonds. The average molecular weight is 373 g/mol. The van der Waals surface area contributed by atoms with Gasteiger partial charge in [-0.2, -0.15) is 10.2 Å². The summed E-state index contributed by atoms with van der Waals surface area (Å²) in [5.41, 5.74) is 3.87. The summed E-state index contributed by atoms with van der Waals surface area (Å²) in [5.74, 6) is -0.0165. The molecule has 4 heterocycles. The van der Waals surface area contributed by atoms with E-state index >= 15 is 0 Å². The van der Waals surface area contributed by atoms with Gasteiger partial charge >= 0.3 is 0 Å². The van der Waals surface area contributed by atoms with Crippen LogP contribution in [0.3, 0.4) is 0 Å². The number of likely N-dealkylation sites (tertiary alicyclic amines) is 1. The van der Waals surface area contributed by atoms with Crippen molar-refractivity contribution in [2.45, 2.75) is 44.9 Å². The van der Waals surface area contributed by atoms with Gasteiger partial charge in [-0.15, -0.1) is 0 Å². The van der Waals surface area contributed by atoms with Crippen LogP contribution in [-0.2, 0) is 36.1 Å². The highest BCUT2D eigenvalue weighted by atomic mass is 16.5. The Bertz CT molecular complexity index is 812. The van der Waals surface area contributed by atoms with Crippen LogP contribution in [0.25, 0.3) is 0 Å². The molecule has 1 atom stereocenters. The lowest BCUT2D eigenvalue weighted by Crippen LogP contribution is -2.39. The fraction of sp³-hybridized carbons (Fsp3) is 0.632. The van der Waals surface area contributed by atoms with Crippen LogP contribution >= 0.6 is 0 Å². The standard InChI is InChI=1S/C19H27N5O3/c1-22-9-6-15(20-22)19(25)23-8-4-3-5-17(23)18-14-13-27-11-7-16(14)24(21-18)10-12-26-2/h6,9,17H,3-5,7-8,10-13H2,1-2H3/t17-/m0/s1. The minimum atomic E-state index is -0.0208. The molecule has 2 aliphatic rings. The Hall–Kier alpha value is -2.19. The van der Waals surface area contributed by atoms with Gasteiger partial charge in [0.05, 0.1) is 38.1 Å². The molecule has 0 unspecified atom stereocenters. The lowest BCUT2D eigenvalue weighted by atomic mass is 9.95. The van der Waals surface area contributed by atoms with Gasteiger partial charge in [-0.1, -0.05) is 0 Å². The minimum absolute atomic E-state index is 0.0165. The summed E-state index contributed by atoms with van der Waals surface area (Å²) >= 11 is 0. The third-order valence-corrected chi connectivity index (χ3v) is 5.45. The Morgan fingerprint density at radius 1 is 1.37 bits per heavy atom. The van der Waals surface area contributed by atoms with E-state index in [1.807, 2.05) is 11.9 Å². The number of aromatic nitrogens is 4. The van der Waals surface area contributed by atoms with E-state index in [2.05, 4.69) is 9.78 Å². The maximum atomic E-state index is 13.1. The summed E-state index contributed by atoms with van der Waals surface area (Å²) < 4.78 is 14.7. The van der Waals surface area contributed by atoms with E-state index in [-0.39, 0.29) is 11.9 Å². The highest BCUT2D eigenvalue weighted by molar-refractivity contribution is 5.92. The number of amides is 1. The van der Waals surface area contributed by atoms with Gasteiger partial charge in [-0.25, -0.2) is 0 Å². The first-order valence-corrected chi connectivity index (χ1v) is 9.64. The number of fused-ring (bicyclic) bond motifs is 1. The first kappa shape index (κ1) is 18.2. The van der Waals surface area contributed by atoms with Gasteiger partial charge in [0.1, 0.15) is 5.69 Å². The van der Waals surface area contributed by atoms with Gasteiger partial charge < -0.3 is 14.4 Å². The SMILES string of the molecule is COCCn1nc([C@@H]2CCCCN2C(=O)c2ccn(C)n2)c2c1CCOC2. The third kappa shape index (κ3) is 3.51. The van der Waals surface area contributed by atoms with Crippen LogP contribution in [0.2, 0.25) is 0 Å². The quantitative estimate of drug-likeness (QED) is 0.798. The summed E-state index contributed by atoms with van der Waals surface area (Å²) in [5, 5.41) is 9.23. The number of aryl methyl sites for hydroxylation is 1. The molecule has 2 aromatic heterocycles. The van der Waals surface area contributed by atoms with E-state index in [0.717, 1.165) is 50.0 Å². The Labute approximate surface area is 159 Å². The zero-order valence-corrected chi connectivity index (χ0v) is 16.1. The first-order chi connectivity index (χ1) is 13.2. The molecular weight excluding hydrogens is 346 g/mol. The fourth-order valence-corrected chi connectivity index (χ4v) is 4.10. The summed E-state index contributed by atoms with van der Waals surface area (Å²) in [7, 11) is 3.53. The Morgan fingerprint density at radius 2 is 2.26 bits per heavy atom. The van der Waals surface area contributed by atoms with E-state index in [4.69, 9.17) is 14.6 Å². The molecule has 8 heteroatoms. The first-order valence-electron chi connectivity index (χ1n) is 9.64. The molecule has 4 rings (SSSR count). The molecule has 146 valence electrons. The van der Waals surface area contributed by atoms with Crippen molar-refractivity contribution in [2.24, 2.45) is 7.05 Å². The Morgan fingerprint density at radius 3 is 3.04 bits per heavy atom. The molecule has 1 fully saturated rings. The van der Waals surface area contributed by atoms with Gasteiger partial charge in [0.25, 0.3) is 5.91 Å². The van der Waals surface area contributed by atoms with E-state index in [9.17, 15) is 4.79 Å². The van der Waals surface area contributed by atoms with E-state index in [0.29, 0.717) is 25.5 Å². The van der Waals surface area contributed by atoms with Crippen LogP contribution < -0.4 is 0 Å². The van der Waals surface area contributed by atoms with Crippen LogP contribution in [0.15, 0.2) is 12.3 Å². The Kier molecular flexibility index (Phi) is 5.27. The van der Waals surface area contributed by atoms with Gasteiger partial charge in [-0.05, 0) is 25.3 Å². The molecule has 0 radical (unpaired) electrons. The summed E-state index contributed by atoms with van der Waals surface area (Å²) in [6.45, 7) is 3.36. The molecule has 0 aromatic carbocycles. The minimum Gasteiger partial charge on any atom is -0.383 e. The van der Waals surface area contributed by atoms with E-state index in [1.54, 1.807) is 24.1 Å². The smallest absolute Gasteiger partial charge is 0.274 e. The number of hydrogen-bond donors (Lipinski definition) is 0. The fourth-order valence-electron chi connectivity index (χ4n) is 4.10. The summed E-state index contributed by atoms with van der Waals surface area (Å²) in [6.07, 6.45) is 5.69. The molecule has 0 saturated carbocycles. The summed E-state index contributed by atoms with van der Waals surface area (Å²) in [6, 6.07) is 1.76. The van der Waals surface area contributed by atoms with Crippen molar-refractivity contribution >= 4 is 5.91 Å². The second kappa shape index (κ2) is 7.82. The Balaban J connectivity index is 1.67. The molecule has 0 N–H and O–H groups in total. The molecule has 0 spiro atoms. The second-order valence-corrected chi connectivity index (χ2v) is 7.21. The zero-order valence-electron chi connectivity index (χ0n) is 16.1. The number of piperidine rings is 1. The second-order valence-electron chi connectivity index (χ2n) is 7.21. The van der Waals surface area contributed by atoms with Crippen molar-refractivity contribution in [2.75, 3.05) is 26.9 Å². The molecule has 0 aliphatic carbocycles. The van der Waals surface area contributed by atoms with Gasteiger partial charge in [0.2, 0.25) is 0 Å². The predicted octanol–water partition coefficient (Wildman–Crippen LogP) is 1.70. The highest BCUT2D eigenvalue weighted by Gasteiger charge is 2.35. The normalized spacial score (nSPS) is 19.9. The topological polar surface area (TPSA) is 74.4 Å². The van der Waals surface area contributed by atoms with Crippen LogP contribution in [0.1, 0.15) is 52.7 Å². The molecule has 8 nitrogen and oxygen atoms in total. The van der Waals surface area contributed by atoms with Crippen LogP contribution in [0, 0.1) is 0 Å². The lowest BCUT2D eigenvalue weighted by molar-refractivity contribution is 0.0589. The van der Waals surface area contributed by atoms with Gasteiger partial charge in [0, 0.05) is 44.6 Å². The highest BCUT2D eigenvalue weighted by Crippen LogP contribution is 2.35. The van der Waals surface area contributed by atoms with Gasteiger partial charge in [0.15, 0.2) is 0 Å². The zero-order chi connectivity index (χ0) is 18.8.